The molecule has 108 valence electrons. The third-order valence-corrected chi connectivity index (χ3v) is 3.84. The Hall–Kier alpha value is -2.41. The summed E-state index contributed by atoms with van der Waals surface area (Å²) in [7, 11) is 1.83. The van der Waals surface area contributed by atoms with E-state index in [2.05, 4.69) is 11.6 Å². The molecule has 1 aromatic carbocycles. The van der Waals surface area contributed by atoms with Gasteiger partial charge in [-0.2, -0.15) is 4.99 Å². The standard InChI is InChI=1S/C14H13N3O3S/c1-3-8-16(2)14-15-13(18)12(21-14)9-10-4-6-11(7-5-10)17(19)20/h3-7,9H,1,8H2,2H3. The molecule has 1 heterocycles. The summed E-state index contributed by atoms with van der Waals surface area (Å²) in [6.45, 7) is 4.24. The minimum atomic E-state index is -0.460. The molecule has 0 saturated carbocycles. The van der Waals surface area contributed by atoms with Gasteiger partial charge in [-0.1, -0.05) is 6.08 Å². The van der Waals surface area contributed by atoms with E-state index in [0.717, 1.165) is 5.56 Å². The number of non-ortho nitro benzene ring substituents is 1. The first-order valence-corrected chi connectivity index (χ1v) is 6.92. The van der Waals surface area contributed by atoms with Crippen molar-refractivity contribution in [3.8, 4) is 0 Å². The van der Waals surface area contributed by atoms with E-state index in [1.165, 1.54) is 23.9 Å². The molecular formula is C14H13N3O3S. The van der Waals surface area contributed by atoms with Gasteiger partial charge in [0.1, 0.15) is 0 Å². The maximum atomic E-state index is 11.8. The van der Waals surface area contributed by atoms with Crippen LogP contribution < -0.4 is 0 Å². The second-order valence-corrected chi connectivity index (χ2v) is 5.34. The number of carbonyl (C=O) groups excluding carboxylic acids is 1. The monoisotopic (exact) mass is 303 g/mol. The fourth-order valence-corrected chi connectivity index (χ4v) is 2.56. The second-order valence-electron chi connectivity index (χ2n) is 4.33. The van der Waals surface area contributed by atoms with Gasteiger partial charge in [0.25, 0.3) is 11.6 Å². The molecule has 7 heteroatoms. The lowest BCUT2D eigenvalue weighted by Crippen LogP contribution is -2.22. The molecule has 21 heavy (non-hydrogen) atoms. The van der Waals surface area contributed by atoms with Crippen molar-refractivity contribution >= 4 is 34.6 Å². The highest BCUT2D eigenvalue weighted by atomic mass is 32.2. The number of benzene rings is 1. The highest BCUT2D eigenvalue weighted by Gasteiger charge is 2.23. The van der Waals surface area contributed by atoms with Crippen LogP contribution in [-0.2, 0) is 4.79 Å². The van der Waals surface area contributed by atoms with Crippen molar-refractivity contribution < 1.29 is 9.72 Å². The number of hydrogen-bond donors (Lipinski definition) is 0. The number of rotatable bonds is 4. The maximum absolute atomic E-state index is 11.8. The summed E-state index contributed by atoms with van der Waals surface area (Å²) in [6.07, 6.45) is 3.40. The number of nitro benzene ring substituents is 1. The minimum Gasteiger partial charge on any atom is -0.350 e. The van der Waals surface area contributed by atoms with Crippen molar-refractivity contribution in [3.63, 3.8) is 0 Å². The van der Waals surface area contributed by atoms with E-state index in [1.54, 1.807) is 24.3 Å². The highest BCUT2D eigenvalue weighted by Crippen LogP contribution is 2.29. The van der Waals surface area contributed by atoms with Crippen molar-refractivity contribution in [2.24, 2.45) is 4.99 Å². The Morgan fingerprint density at radius 1 is 1.43 bits per heavy atom. The van der Waals surface area contributed by atoms with Crippen molar-refractivity contribution in [2.75, 3.05) is 13.6 Å². The molecule has 1 aromatic rings. The third-order valence-electron chi connectivity index (χ3n) is 2.74. The molecule has 0 atom stereocenters. The third kappa shape index (κ3) is 3.57. The molecule has 1 aliphatic rings. The first-order valence-electron chi connectivity index (χ1n) is 6.10. The zero-order valence-electron chi connectivity index (χ0n) is 11.4. The van der Waals surface area contributed by atoms with Crippen LogP contribution in [0.4, 0.5) is 5.69 Å². The predicted molar refractivity (Wildman–Crippen MR) is 83.9 cm³/mol. The van der Waals surface area contributed by atoms with Crippen LogP contribution in [0.2, 0.25) is 0 Å². The molecule has 1 aliphatic heterocycles. The first kappa shape index (κ1) is 15.0. The zero-order valence-corrected chi connectivity index (χ0v) is 12.2. The van der Waals surface area contributed by atoms with Crippen molar-refractivity contribution in [3.05, 3.63) is 57.5 Å². The molecule has 6 nitrogen and oxygen atoms in total. The average Bonchev–Trinajstić information content (AvgIpc) is 2.81. The molecule has 0 bridgehead atoms. The van der Waals surface area contributed by atoms with Gasteiger partial charge in [-0.25, -0.2) is 0 Å². The van der Waals surface area contributed by atoms with Crippen LogP contribution in [-0.4, -0.2) is 34.5 Å². The summed E-state index contributed by atoms with van der Waals surface area (Å²) in [4.78, 5) is 28.3. The predicted octanol–water partition coefficient (Wildman–Crippen LogP) is 2.68. The Bertz CT molecular complexity index is 650. The first-order chi connectivity index (χ1) is 10.0. The van der Waals surface area contributed by atoms with Gasteiger partial charge < -0.3 is 4.90 Å². The summed E-state index contributed by atoms with van der Waals surface area (Å²) in [5.41, 5.74) is 0.740. The molecule has 0 radical (unpaired) electrons. The topological polar surface area (TPSA) is 75.8 Å². The number of hydrogen-bond acceptors (Lipinski definition) is 5. The molecule has 0 saturated heterocycles. The van der Waals surface area contributed by atoms with Crippen molar-refractivity contribution in [2.45, 2.75) is 0 Å². The number of nitro groups is 1. The van der Waals surface area contributed by atoms with Crippen LogP contribution in [0.3, 0.4) is 0 Å². The number of likely N-dealkylation sites (N-methyl/N-ethyl adjacent to an activating group) is 1. The lowest BCUT2D eigenvalue weighted by molar-refractivity contribution is -0.384. The quantitative estimate of drug-likeness (QED) is 0.370. The summed E-state index contributed by atoms with van der Waals surface area (Å²) in [5.74, 6) is -0.302. The molecule has 0 spiro atoms. The average molecular weight is 303 g/mol. The number of aliphatic imine (C=N–C) groups is 1. The number of carbonyl (C=O) groups is 1. The fourth-order valence-electron chi connectivity index (χ4n) is 1.68. The van der Waals surface area contributed by atoms with Gasteiger partial charge in [-0.05, 0) is 35.5 Å². The number of amidine groups is 1. The number of amides is 1. The lowest BCUT2D eigenvalue weighted by Gasteiger charge is -2.14. The van der Waals surface area contributed by atoms with Crippen LogP contribution in [0.1, 0.15) is 5.56 Å². The smallest absolute Gasteiger partial charge is 0.286 e. The maximum Gasteiger partial charge on any atom is 0.286 e. The molecule has 0 fully saturated rings. The molecule has 0 unspecified atom stereocenters. The van der Waals surface area contributed by atoms with Gasteiger partial charge in [-0.3, -0.25) is 14.9 Å². The van der Waals surface area contributed by atoms with Crippen LogP contribution in [0, 0.1) is 10.1 Å². The van der Waals surface area contributed by atoms with Crippen molar-refractivity contribution in [1.82, 2.24) is 4.90 Å². The van der Waals surface area contributed by atoms with Crippen LogP contribution in [0.5, 0.6) is 0 Å². The Balaban J connectivity index is 2.14. The molecule has 1 amide bonds. The molecule has 0 aliphatic carbocycles. The Kier molecular flexibility index (Phi) is 4.54. The van der Waals surface area contributed by atoms with E-state index in [-0.39, 0.29) is 11.6 Å². The minimum absolute atomic E-state index is 0.0187. The SMILES string of the molecule is C=CCN(C)C1=NC(=O)C(=Cc2ccc([N+](=O)[O-])cc2)S1. The van der Waals surface area contributed by atoms with Crippen molar-refractivity contribution in [1.29, 1.82) is 0 Å². The van der Waals surface area contributed by atoms with E-state index >= 15 is 0 Å². The van der Waals surface area contributed by atoms with Crippen LogP contribution in [0.15, 0.2) is 46.8 Å². The summed E-state index contributed by atoms with van der Waals surface area (Å²) < 4.78 is 0. The van der Waals surface area contributed by atoms with Gasteiger partial charge in [0.15, 0.2) is 5.17 Å². The van der Waals surface area contributed by atoms with E-state index in [0.29, 0.717) is 16.6 Å². The zero-order chi connectivity index (χ0) is 15.4. The van der Waals surface area contributed by atoms with Crippen LogP contribution in [0.25, 0.3) is 6.08 Å². The summed E-state index contributed by atoms with van der Waals surface area (Å²) >= 11 is 1.28. The van der Waals surface area contributed by atoms with Gasteiger partial charge in [0.05, 0.1) is 9.83 Å². The fraction of sp³-hybridized carbons (Fsp3) is 0.143. The normalized spacial score (nSPS) is 16.0. The number of nitrogens with zero attached hydrogens (tertiary/aromatic N) is 3. The molecule has 0 aromatic heterocycles. The van der Waals surface area contributed by atoms with Gasteiger partial charge >= 0.3 is 0 Å². The van der Waals surface area contributed by atoms with E-state index in [1.807, 2.05) is 11.9 Å². The summed E-state index contributed by atoms with van der Waals surface area (Å²) in [5, 5.41) is 11.2. The largest absolute Gasteiger partial charge is 0.350 e. The highest BCUT2D eigenvalue weighted by molar-refractivity contribution is 8.18. The summed E-state index contributed by atoms with van der Waals surface area (Å²) in [6, 6.07) is 6.01. The van der Waals surface area contributed by atoms with Gasteiger partial charge in [-0.15, -0.1) is 6.58 Å². The Morgan fingerprint density at radius 3 is 2.67 bits per heavy atom. The Morgan fingerprint density at radius 2 is 2.10 bits per heavy atom. The Labute approximate surface area is 126 Å². The molecule has 2 rings (SSSR count). The van der Waals surface area contributed by atoms with E-state index in [9.17, 15) is 14.9 Å². The molecular weight excluding hydrogens is 290 g/mol. The molecule has 0 N–H and O–H groups in total. The second kappa shape index (κ2) is 6.36. The van der Waals surface area contributed by atoms with Gasteiger partial charge in [0, 0.05) is 25.7 Å². The van der Waals surface area contributed by atoms with Gasteiger partial charge in [0.2, 0.25) is 0 Å². The van der Waals surface area contributed by atoms with E-state index in [4.69, 9.17) is 0 Å². The van der Waals surface area contributed by atoms with E-state index < -0.39 is 4.92 Å². The lowest BCUT2D eigenvalue weighted by atomic mass is 10.2. The van der Waals surface area contributed by atoms with Crippen LogP contribution >= 0.6 is 11.8 Å². The number of thioether (sulfide) groups is 1.